The minimum Gasteiger partial charge on any atom is -0.320 e. The van der Waals surface area contributed by atoms with E-state index in [-0.39, 0.29) is 24.3 Å². The molecule has 0 amide bonds. The van der Waals surface area contributed by atoms with Crippen molar-refractivity contribution in [2.45, 2.75) is 6.04 Å². The minimum atomic E-state index is -0.278. The second-order valence-electron chi connectivity index (χ2n) is 3.17. The number of nitrogens with two attached hydrogens (primary N) is 1. The molecule has 1 heterocycles. The van der Waals surface area contributed by atoms with Gasteiger partial charge in [0.05, 0.1) is 10.5 Å². The zero-order valence-electron chi connectivity index (χ0n) is 8.19. The largest absolute Gasteiger partial charge is 0.320 e. The molecule has 16 heavy (non-hydrogen) atoms. The van der Waals surface area contributed by atoms with Crippen molar-refractivity contribution in [2.75, 3.05) is 0 Å². The van der Waals surface area contributed by atoms with Crippen LogP contribution in [0.1, 0.15) is 16.5 Å². The van der Waals surface area contributed by atoms with Crippen molar-refractivity contribution in [1.82, 2.24) is 0 Å². The lowest BCUT2D eigenvalue weighted by atomic mass is 10.1. The van der Waals surface area contributed by atoms with Crippen molar-refractivity contribution in [3.05, 3.63) is 56.4 Å². The summed E-state index contributed by atoms with van der Waals surface area (Å²) in [5, 5.41) is 1.96. The minimum absolute atomic E-state index is 0. The Morgan fingerprint density at radius 3 is 2.62 bits per heavy atom. The molecule has 5 heteroatoms. The van der Waals surface area contributed by atoms with Gasteiger partial charge in [0.15, 0.2) is 0 Å². The van der Waals surface area contributed by atoms with Crippen LogP contribution in [0.15, 0.2) is 40.2 Å². The van der Waals surface area contributed by atoms with E-state index in [1.807, 2.05) is 23.6 Å². The van der Waals surface area contributed by atoms with E-state index >= 15 is 0 Å². The van der Waals surface area contributed by atoms with Crippen LogP contribution in [0, 0.1) is 5.82 Å². The molecule has 0 unspecified atom stereocenters. The Labute approximate surface area is 112 Å². The molecule has 1 aromatic carbocycles. The van der Waals surface area contributed by atoms with Crippen LogP contribution >= 0.6 is 39.7 Å². The van der Waals surface area contributed by atoms with Gasteiger partial charge in [-0.25, -0.2) is 4.39 Å². The first kappa shape index (κ1) is 13.6. The van der Waals surface area contributed by atoms with Crippen molar-refractivity contribution >= 4 is 39.7 Å². The van der Waals surface area contributed by atoms with Crippen molar-refractivity contribution in [3.8, 4) is 0 Å². The second-order valence-corrected chi connectivity index (χ2v) is 5.00. The van der Waals surface area contributed by atoms with Gasteiger partial charge in [0.25, 0.3) is 0 Å². The summed E-state index contributed by atoms with van der Waals surface area (Å²) in [6.07, 6.45) is 0. The van der Waals surface area contributed by atoms with Crippen LogP contribution in [0.5, 0.6) is 0 Å². The lowest BCUT2D eigenvalue weighted by Gasteiger charge is -2.10. The normalized spacial score (nSPS) is 11.9. The van der Waals surface area contributed by atoms with E-state index in [0.717, 1.165) is 10.4 Å². The maximum absolute atomic E-state index is 13.3. The molecule has 0 aliphatic carbocycles. The van der Waals surface area contributed by atoms with Gasteiger partial charge in [-0.05, 0) is 45.1 Å². The predicted octanol–water partition coefficient (Wildman–Crippen LogP) is 4.12. The van der Waals surface area contributed by atoms with Gasteiger partial charge in [-0.1, -0.05) is 12.1 Å². The molecule has 0 bridgehead atoms. The lowest BCUT2D eigenvalue weighted by Crippen LogP contribution is -2.10. The maximum atomic E-state index is 13.3. The van der Waals surface area contributed by atoms with Crippen molar-refractivity contribution in [3.63, 3.8) is 0 Å². The Hall–Kier alpha value is -0.420. The van der Waals surface area contributed by atoms with Crippen LogP contribution < -0.4 is 5.73 Å². The first-order valence-electron chi connectivity index (χ1n) is 4.42. The SMILES string of the molecule is Cl.N[C@@H](c1ccc(Br)c(F)c1)c1cccs1. The fourth-order valence-corrected chi connectivity index (χ4v) is 2.34. The van der Waals surface area contributed by atoms with Crippen LogP contribution in [0.3, 0.4) is 0 Å². The highest BCUT2D eigenvalue weighted by molar-refractivity contribution is 9.10. The third kappa shape index (κ3) is 2.83. The monoisotopic (exact) mass is 321 g/mol. The Balaban J connectivity index is 0.00000128. The fourth-order valence-electron chi connectivity index (χ4n) is 1.34. The molecule has 86 valence electrons. The van der Waals surface area contributed by atoms with Crippen LogP contribution in [-0.4, -0.2) is 0 Å². The Kier molecular flexibility index (Phi) is 4.92. The number of halogens is 3. The zero-order chi connectivity index (χ0) is 10.8. The predicted molar refractivity (Wildman–Crippen MR) is 71.7 cm³/mol. The Morgan fingerprint density at radius 2 is 2.06 bits per heavy atom. The summed E-state index contributed by atoms with van der Waals surface area (Å²) in [7, 11) is 0. The smallest absolute Gasteiger partial charge is 0.137 e. The summed E-state index contributed by atoms with van der Waals surface area (Å²) in [6, 6.07) is 8.63. The van der Waals surface area contributed by atoms with E-state index in [2.05, 4.69) is 15.9 Å². The number of thiophene rings is 1. The molecule has 1 nitrogen and oxygen atoms in total. The molecular formula is C11H10BrClFNS. The summed E-state index contributed by atoms with van der Waals surface area (Å²) in [6.45, 7) is 0. The molecule has 1 aromatic heterocycles. The molecule has 0 radical (unpaired) electrons. The molecule has 0 aliphatic rings. The molecule has 0 saturated carbocycles. The molecule has 0 spiro atoms. The van der Waals surface area contributed by atoms with Crippen LogP contribution in [0.25, 0.3) is 0 Å². The van der Waals surface area contributed by atoms with Crippen LogP contribution in [-0.2, 0) is 0 Å². The van der Waals surface area contributed by atoms with Crippen molar-refractivity contribution in [2.24, 2.45) is 5.73 Å². The number of benzene rings is 1. The third-order valence-electron chi connectivity index (χ3n) is 2.15. The molecule has 1 atom stereocenters. The highest BCUT2D eigenvalue weighted by Gasteiger charge is 2.11. The maximum Gasteiger partial charge on any atom is 0.137 e. The van der Waals surface area contributed by atoms with Gasteiger partial charge in [0, 0.05) is 4.88 Å². The standard InChI is InChI=1S/C11H9BrFNS.ClH/c12-8-4-3-7(6-9(8)13)11(14)10-2-1-5-15-10;/h1-6,11H,14H2;1H/t11-;/m0./s1. The van der Waals surface area contributed by atoms with E-state index in [0.29, 0.717) is 4.47 Å². The Morgan fingerprint density at radius 1 is 1.31 bits per heavy atom. The number of rotatable bonds is 2. The Bertz CT molecular complexity index is 461. The fraction of sp³-hybridized carbons (Fsp3) is 0.0909. The summed E-state index contributed by atoms with van der Waals surface area (Å²) in [5.74, 6) is -0.278. The van der Waals surface area contributed by atoms with Gasteiger partial charge in [0.2, 0.25) is 0 Å². The highest BCUT2D eigenvalue weighted by atomic mass is 79.9. The van der Waals surface area contributed by atoms with E-state index in [1.54, 1.807) is 17.4 Å². The van der Waals surface area contributed by atoms with Crippen LogP contribution in [0.2, 0.25) is 0 Å². The number of hydrogen-bond donors (Lipinski definition) is 1. The third-order valence-corrected chi connectivity index (χ3v) is 3.75. The van der Waals surface area contributed by atoms with Gasteiger partial charge in [-0.2, -0.15) is 0 Å². The summed E-state index contributed by atoms with van der Waals surface area (Å²) in [4.78, 5) is 1.04. The lowest BCUT2D eigenvalue weighted by molar-refractivity contribution is 0.617. The average Bonchev–Trinajstić information content (AvgIpc) is 2.74. The summed E-state index contributed by atoms with van der Waals surface area (Å²) in [5.41, 5.74) is 6.80. The molecule has 0 fully saturated rings. The molecule has 2 N–H and O–H groups in total. The first-order valence-corrected chi connectivity index (χ1v) is 6.09. The molecule has 0 saturated heterocycles. The van der Waals surface area contributed by atoms with E-state index in [9.17, 15) is 4.39 Å². The van der Waals surface area contributed by atoms with Crippen molar-refractivity contribution in [1.29, 1.82) is 0 Å². The number of hydrogen-bond acceptors (Lipinski definition) is 2. The second kappa shape index (κ2) is 5.77. The molecule has 2 rings (SSSR count). The van der Waals surface area contributed by atoms with Crippen molar-refractivity contribution < 1.29 is 4.39 Å². The van der Waals surface area contributed by atoms with Gasteiger partial charge in [-0.3, -0.25) is 0 Å². The zero-order valence-corrected chi connectivity index (χ0v) is 11.4. The molecule has 0 aliphatic heterocycles. The molecule has 2 aromatic rings. The molecular weight excluding hydrogens is 313 g/mol. The average molecular weight is 323 g/mol. The quantitative estimate of drug-likeness (QED) is 0.884. The van der Waals surface area contributed by atoms with E-state index in [4.69, 9.17) is 5.73 Å². The van der Waals surface area contributed by atoms with Gasteiger partial charge < -0.3 is 5.73 Å². The van der Waals surface area contributed by atoms with Gasteiger partial charge >= 0.3 is 0 Å². The van der Waals surface area contributed by atoms with Gasteiger partial charge in [0.1, 0.15) is 5.82 Å². The van der Waals surface area contributed by atoms with Gasteiger partial charge in [-0.15, -0.1) is 23.7 Å². The first-order chi connectivity index (χ1) is 7.18. The highest BCUT2D eigenvalue weighted by Crippen LogP contribution is 2.26. The topological polar surface area (TPSA) is 26.0 Å². The van der Waals surface area contributed by atoms with Crippen LogP contribution in [0.4, 0.5) is 4.39 Å². The summed E-state index contributed by atoms with van der Waals surface area (Å²) < 4.78 is 13.7. The van der Waals surface area contributed by atoms with E-state index in [1.165, 1.54) is 6.07 Å². The summed E-state index contributed by atoms with van der Waals surface area (Å²) >= 11 is 4.69. The van der Waals surface area contributed by atoms with E-state index < -0.39 is 0 Å².